The molecule has 0 radical (unpaired) electrons. The molecule has 0 N–H and O–H groups in total. The molecule has 0 aromatic carbocycles. The number of unbranched alkanes of at least 4 members (excludes halogenated alkanes) is 13. The van der Waals surface area contributed by atoms with Gasteiger partial charge in [0.25, 0.3) is 0 Å². The lowest BCUT2D eigenvalue weighted by Gasteiger charge is -2.10. The summed E-state index contributed by atoms with van der Waals surface area (Å²) >= 11 is 0. The number of rotatable bonds is 19. The Morgan fingerprint density at radius 1 is 0.625 bits per heavy atom. The SMILES string of the molecule is CCCCCC(C)CCCCCCCCCCCCCCC(C)=O. The zero-order valence-electron chi connectivity index (χ0n) is 17.2. The van der Waals surface area contributed by atoms with Crippen molar-refractivity contribution in [3.8, 4) is 0 Å². The average Bonchev–Trinajstić information content (AvgIpc) is 2.55. The summed E-state index contributed by atoms with van der Waals surface area (Å²) < 4.78 is 0. The summed E-state index contributed by atoms with van der Waals surface area (Å²) in [6.45, 7) is 6.44. The third kappa shape index (κ3) is 19.7. The Morgan fingerprint density at radius 2 is 1.00 bits per heavy atom. The number of hydrogen-bond acceptors (Lipinski definition) is 1. The third-order valence-electron chi connectivity index (χ3n) is 5.28. The Hall–Kier alpha value is -0.330. The molecule has 0 spiro atoms. The van der Waals surface area contributed by atoms with E-state index >= 15 is 0 Å². The zero-order valence-corrected chi connectivity index (χ0v) is 17.2. The molecule has 0 aromatic heterocycles. The van der Waals surface area contributed by atoms with E-state index in [1.807, 2.05) is 0 Å². The first-order valence-electron chi connectivity index (χ1n) is 11.2. The van der Waals surface area contributed by atoms with Crippen LogP contribution in [0, 0.1) is 5.92 Å². The van der Waals surface area contributed by atoms with Crippen molar-refractivity contribution in [2.24, 2.45) is 5.92 Å². The third-order valence-corrected chi connectivity index (χ3v) is 5.28. The second-order valence-corrected chi connectivity index (χ2v) is 8.08. The van der Waals surface area contributed by atoms with E-state index in [1.54, 1.807) is 6.92 Å². The number of Topliss-reactive ketones (excluding diaryl/α,β-unsaturated/α-hetero) is 1. The highest BCUT2D eigenvalue weighted by molar-refractivity contribution is 5.75. The molecular formula is C23H46O. The molecule has 0 aromatic rings. The van der Waals surface area contributed by atoms with Crippen molar-refractivity contribution in [1.29, 1.82) is 0 Å². The predicted molar refractivity (Wildman–Crippen MR) is 109 cm³/mol. The summed E-state index contributed by atoms with van der Waals surface area (Å²) in [7, 11) is 0. The highest BCUT2D eigenvalue weighted by Gasteiger charge is 2.01. The van der Waals surface area contributed by atoms with Gasteiger partial charge >= 0.3 is 0 Å². The molecule has 0 aliphatic rings. The van der Waals surface area contributed by atoms with E-state index in [0.29, 0.717) is 5.78 Å². The Balaban J connectivity index is 3.08. The van der Waals surface area contributed by atoms with E-state index in [-0.39, 0.29) is 0 Å². The van der Waals surface area contributed by atoms with Gasteiger partial charge in [-0.15, -0.1) is 0 Å². The van der Waals surface area contributed by atoms with Gasteiger partial charge in [-0.3, -0.25) is 0 Å². The smallest absolute Gasteiger partial charge is 0.129 e. The second kappa shape index (κ2) is 19.0. The molecule has 1 heteroatoms. The van der Waals surface area contributed by atoms with E-state index in [4.69, 9.17) is 0 Å². The summed E-state index contributed by atoms with van der Waals surface area (Å²) in [5.41, 5.74) is 0. The van der Waals surface area contributed by atoms with Crippen LogP contribution in [0.4, 0.5) is 0 Å². The van der Waals surface area contributed by atoms with Crippen molar-refractivity contribution in [3.63, 3.8) is 0 Å². The Morgan fingerprint density at radius 3 is 1.42 bits per heavy atom. The van der Waals surface area contributed by atoms with Gasteiger partial charge in [0, 0.05) is 6.42 Å². The monoisotopic (exact) mass is 338 g/mol. The second-order valence-electron chi connectivity index (χ2n) is 8.08. The maximum absolute atomic E-state index is 10.8. The normalized spacial score (nSPS) is 12.5. The van der Waals surface area contributed by atoms with Crippen LogP contribution in [0.15, 0.2) is 0 Å². The van der Waals surface area contributed by atoms with E-state index in [0.717, 1.165) is 18.8 Å². The van der Waals surface area contributed by atoms with Crippen LogP contribution in [0.1, 0.15) is 136 Å². The van der Waals surface area contributed by atoms with Crippen LogP contribution in [0.5, 0.6) is 0 Å². The maximum atomic E-state index is 10.8. The summed E-state index contributed by atoms with van der Waals surface area (Å²) in [6, 6.07) is 0. The zero-order chi connectivity index (χ0) is 17.9. The molecule has 0 aliphatic heterocycles. The van der Waals surface area contributed by atoms with E-state index < -0.39 is 0 Å². The summed E-state index contributed by atoms with van der Waals surface area (Å²) in [6.07, 6.45) is 24.4. The molecule has 0 amide bonds. The largest absolute Gasteiger partial charge is 0.300 e. The molecule has 144 valence electrons. The van der Waals surface area contributed by atoms with Crippen molar-refractivity contribution < 1.29 is 4.79 Å². The molecule has 0 bridgehead atoms. The molecular weight excluding hydrogens is 292 g/mol. The van der Waals surface area contributed by atoms with Gasteiger partial charge < -0.3 is 4.79 Å². The first kappa shape index (κ1) is 23.7. The fourth-order valence-electron chi connectivity index (χ4n) is 3.52. The molecule has 1 unspecified atom stereocenters. The van der Waals surface area contributed by atoms with Gasteiger partial charge in [-0.25, -0.2) is 0 Å². The first-order valence-corrected chi connectivity index (χ1v) is 11.2. The van der Waals surface area contributed by atoms with Crippen LogP contribution in [-0.4, -0.2) is 5.78 Å². The van der Waals surface area contributed by atoms with Gasteiger partial charge in [0.1, 0.15) is 5.78 Å². The number of ketones is 1. The van der Waals surface area contributed by atoms with Crippen LogP contribution in [0.3, 0.4) is 0 Å². The molecule has 0 fully saturated rings. The van der Waals surface area contributed by atoms with E-state index in [1.165, 1.54) is 103 Å². The van der Waals surface area contributed by atoms with Crippen LogP contribution in [-0.2, 0) is 4.79 Å². The Kier molecular flexibility index (Phi) is 18.7. The molecule has 1 atom stereocenters. The lowest BCUT2D eigenvalue weighted by atomic mass is 9.96. The minimum absolute atomic E-state index is 0.348. The van der Waals surface area contributed by atoms with Gasteiger partial charge in [-0.05, 0) is 19.3 Å². The van der Waals surface area contributed by atoms with Gasteiger partial charge in [0.05, 0.1) is 0 Å². The lowest BCUT2D eigenvalue weighted by Crippen LogP contribution is -1.94. The van der Waals surface area contributed by atoms with Gasteiger partial charge in [-0.1, -0.05) is 117 Å². The summed E-state index contributed by atoms with van der Waals surface area (Å²) in [5, 5.41) is 0. The summed E-state index contributed by atoms with van der Waals surface area (Å²) in [4.78, 5) is 10.8. The average molecular weight is 339 g/mol. The van der Waals surface area contributed by atoms with Crippen molar-refractivity contribution in [1.82, 2.24) is 0 Å². The van der Waals surface area contributed by atoms with Crippen LogP contribution < -0.4 is 0 Å². The molecule has 0 rings (SSSR count). The summed E-state index contributed by atoms with van der Waals surface area (Å²) in [5.74, 6) is 1.30. The molecule has 0 saturated carbocycles. The van der Waals surface area contributed by atoms with Crippen LogP contribution >= 0.6 is 0 Å². The highest BCUT2D eigenvalue weighted by atomic mass is 16.1. The molecule has 0 heterocycles. The van der Waals surface area contributed by atoms with Gasteiger partial charge in [-0.2, -0.15) is 0 Å². The predicted octanol–water partition coefficient (Wildman–Crippen LogP) is 8.25. The fourth-order valence-corrected chi connectivity index (χ4v) is 3.52. The molecule has 0 saturated heterocycles. The van der Waals surface area contributed by atoms with E-state index in [2.05, 4.69) is 13.8 Å². The highest BCUT2D eigenvalue weighted by Crippen LogP contribution is 2.18. The Labute approximate surface area is 153 Å². The van der Waals surface area contributed by atoms with Crippen molar-refractivity contribution in [2.75, 3.05) is 0 Å². The van der Waals surface area contributed by atoms with Gasteiger partial charge in [0.2, 0.25) is 0 Å². The first-order chi connectivity index (χ1) is 11.7. The van der Waals surface area contributed by atoms with Crippen molar-refractivity contribution >= 4 is 5.78 Å². The molecule has 24 heavy (non-hydrogen) atoms. The molecule has 1 nitrogen and oxygen atoms in total. The molecule has 0 aliphatic carbocycles. The topological polar surface area (TPSA) is 17.1 Å². The van der Waals surface area contributed by atoms with Crippen molar-refractivity contribution in [3.05, 3.63) is 0 Å². The van der Waals surface area contributed by atoms with E-state index in [9.17, 15) is 4.79 Å². The standard InChI is InChI=1S/C23H46O/c1-4-5-16-19-22(2)20-17-14-12-10-8-6-7-9-11-13-15-18-21-23(3)24/h22H,4-21H2,1-3H3. The quantitative estimate of drug-likeness (QED) is 0.217. The number of carbonyl (C=O) groups is 1. The lowest BCUT2D eigenvalue weighted by molar-refractivity contribution is -0.117. The van der Waals surface area contributed by atoms with Crippen molar-refractivity contribution in [2.45, 2.75) is 136 Å². The number of hydrogen-bond donors (Lipinski definition) is 0. The number of carbonyl (C=O) groups excluding carboxylic acids is 1. The Bertz CT molecular complexity index is 259. The minimum atomic E-state index is 0.348. The minimum Gasteiger partial charge on any atom is -0.300 e. The van der Waals surface area contributed by atoms with Crippen LogP contribution in [0.25, 0.3) is 0 Å². The van der Waals surface area contributed by atoms with Gasteiger partial charge in [0.15, 0.2) is 0 Å². The van der Waals surface area contributed by atoms with Crippen LogP contribution in [0.2, 0.25) is 0 Å². The maximum Gasteiger partial charge on any atom is 0.129 e. The fraction of sp³-hybridized carbons (Fsp3) is 0.957.